The fraction of sp³-hybridized carbons (Fsp3) is 0.692. The number of anilines is 1. The predicted octanol–water partition coefficient (Wildman–Crippen LogP) is 2.57. The van der Waals surface area contributed by atoms with Gasteiger partial charge in [-0.25, -0.2) is 9.97 Å². The van der Waals surface area contributed by atoms with E-state index in [0.717, 1.165) is 24.6 Å². The molecule has 0 aliphatic heterocycles. The number of rotatable bonds is 4. The molecule has 3 nitrogen and oxygen atoms in total. The maximum atomic E-state index is 4.40. The third kappa shape index (κ3) is 1.79. The lowest BCUT2D eigenvalue weighted by Gasteiger charge is -2.08. The van der Waals surface area contributed by atoms with Crippen LogP contribution in [0.2, 0.25) is 0 Å². The number of hydrogen-bond acceptors (Lipinski definition) is 3. The van der Waals surface area contributed by atoms with Crippen LogP contribution in [0.4, 0.5) is 5.82 Å². The Morgan fingerprint density at radius 3 is 3.19 bits per heavy atom. The molecule has 1 N–H and O–H groups in total. The van der Waals surface area contributed by atoms with Gasteiger partial charge in [0.05, 0.1) is 0 Å². The second-order valence-corrected chi connectivity index (χ2v) is 5.04. The number of nitrogens with zero attached hydrogens (tertiary/aromatic N) is 2. The molecule has 1 fully saturated rings. The molecule has 0 radical (unpaired) electrons. The second kappa shape index (κ2) is 4.04. The van der Waals surface area contributed by atoms with Crippen molar-refractivity contribution in [3.05, 3.63) is 17.6 Å². The Kier molecular flexibility index (Phi) is 2.54. The standard InChI is InChI=1S/C13H19N3/c1-2-4-9-7-12(9)16-13-10-5-3-6-11(10)14-8-15-13/h8-9,12H,2-7H2,1H3,(H,14,15,16). The highest BCUT2D eigenvalue weighted by Crippen LogP contribution is 2.38. The van der Waals surface area contributed by atoms with Gasteiger partial charge in [0.1, 0.15) is 12.1 Å². The van der Waals surface area contributed by atoms with E-state index in [4.69, 9.17) is 0 Å². The van der Waals surface area contributed by atoms with Crippen molar-refractivity contribution in [1.29, 1.82) is 0 Å². The van der Waals surface area contributed by atoms with Crippen LogP contribution in [0, 0.1) is 5.92 Å². The summed E-state index contributed by atoms with van der Waals surface area (Å²) < 4.78 is 0. The number of aryl methyl sites for hydroxylation is 1. The number of aromatic nitrogens is 2. The van der Waals surface area contributed by atoms with Crippen molar-refractivity contribution < 1.29 is 0 Å². The molecule has 3 heteroatoms. The molecule has 0 bridgehead atoms. The van der Waals surface area contributed by atoms with E-state index in [1.54, 1.807) is 6.33 Å². The lowest BCUT2D eigenvalue weighted by atomic mass is 10.2. The van der Waals surface area contributed by atoms with Crippen molar-refractivity contribution in [3.8, 4) is 0 Å². The first-order valence-electron chi connectivity index (χ1n) is 6.47. The summed E-state index contributed by atoms with van der Waals surface area (Å²) in [6.07, 6.45) is 9.22. The number of nitrogens with one attached hydrogen (secondary N) is 1. The average Bonchev–Trinajstić information content (AvgIpc) is 2.83. The Morgan fingerprint density at radius 1 is 1.38 bits per heavy atom. The van der Waals surface area contributed by atoms with Crippen molar-refractivity contribution in [2.45, 2.75) is 51.5 Å². The first-order chi connectivity index (χ1) is 7.88. The van der Waals surface area contributed by atoms with Crippen LogP contribution in [-0.4, -0.2) is 16.0 Å². The van der Waals surface area contributed by atoms with Gasteiger partial charge in [-0.2, -0.15) is 0 Å². The van der Waals surface area contributed by atoms with Crippen LogP contribution in [0.5, 0.6) is 0 Å². The molecule has 2 unspecified atom stereocenters. The van der Waals surface area contributed by atoms with Crippen molar-refractivity contribution in [2.24, 2.45) is 5.92 Å². The molecular weight excluding hydrogens is 198 g/mol. The minimum Gasteiger partial charge on any atom is -0.367 e. The smallest absolute Gasteiger partial charge is 0.133 e. The molecular formula is C13H19N3. The largest absolute Gasteiger partial charge is 0.367 e. The molecule has 2 aliphatic rings. The zero-order valence-electron chi connectivity index (χ0n) is 9.87. The average molecular weight is 217 g/mol. The Morgan fingerprint density at radius 2 is 2.31 bits per heavy atom. The fourth-order valence-corrected chi connectivity index (χ4v) is 2.77. The Labute approximate surface area is 96.7 Å². The van der Waals surface area contributed by atoms with Gasteiger partial charge in [0.2, 0.25) is 0 Å². The highest BCUT2D eigenvalue weighted by atomic mass is 15.1. The van der Waals surface area contributed by atoms with Crippen LogP contribution < -0.4 is 5.32 Å². The molecule has 3 rings (SSSR count). The Bertz CT molecular complexity index is 389. The maximum absolute atomic E-state index is 4.40. The Balaban J connectivity index is 1.70. The van der Waals surface area contributed by atoms with Crippen LogP contribution >= 0.6 is 0 Å². The summed E-state index contributed by atoms with van der Waals surface area (Å²) in [4.78, 5) is 8.75. The van der Waals surface area contributed by atoms with E-state index in [0.29, 0.717) is 6.04 Å². The zero-order valence-corrected chi connectivity index (χ0v) is 9.87. The van der Waals surface area contributed by atoms with Gasteiger partial charge in [-0.15, -0.1) is 0 Å². The molecule has 1 saturated carbocycles. The molecule has 16 heavy (non-hydrogen) atoms. The van der Waals surface area contributed by atoms with Gasteiger partial charge in [0.15, 0.2) is 0 Å². The first kappa shape index (κ1) is 10.1. The third-order valence-electron chi connectivity index (χ3n) is 3.78. The van der Waals surface area contributed by atoms with Crippen LogP contribution in [0.3, 0.4) is 0 Å². The quantitative estimate of drug-likeness (QED) is 0.842. The normalized spacial score (nSPS) is 26.6. The molecule has 1 heterocycles. The zero-order chi connectivity index (χ0) is 11.0. The van der Waals surface area contributed by atoms with Crippen LogP contribution in [0.15, 0.2) is 6.33 Å². The third-order valence-corrected chi connectivity index (χ3v) is 3.78. The second-order valence-electron chi connectivity index (χ2n) is 5.04. The number of hydrogen-bond donors (Lipinski definition) is 1. The topological polar surface area (TPSA) is 37.8 Å². The molecule has 0 saturated heterocycles. The molecule has 86 valence electrons. The molecule has 0 amide bonds. The summed E-state index contributed by atoms with van der Waals surface area (Å²) in [7, 11) is 0. The summed E-state index contributed by atoms with van der Waals surface area (Å²) in [6, 6.07) is 0.680. The summed E-state index contributed by atoms with van der Waals surface area (Å²) in [5.74, 6) is 2.00. The highest BCUT2D eigenvalue weighted by Gasteiger charge is 2.36. The maximum Gasteiger partial charge on any atom is 0.133 e. The highest BCUT2D eigenvalue weighted by molar-refractivity contribution is 5.49. The lowest BCUT2D eigenvalue weighted by Crippen LogP contribution is -2.09. The van der Waals surface area contributed by atoms with Gasteiger partial charge in [0.25, 0.3) is 0 Å². The van der Waals surface area contributed by atoms with E-state index < -0.39 is 0 Å². The number of fused-ring (bicyclic) bond motifs is 1. The minimum absolute atomic E-state index is 0.680. The van der Waals surface area contributed by atoms with Gasteiger partial charge in [-0.1, -0.05) is 13.3 Å². The van der Waals surface area contributed by atoms with E-state index in [9.17, 15) is 0 Å². The van der Waals surface area contributed by atoms with E-state index in [1.807, 2.05) is 0 Å². The van der Waals surface area contributed by atoms with Crippen LogP contribution in [-0.2, 0) is 12.8 Å². The SMILES string of the molecule is CCCC1CC1Nc1ncnc2c1CCC2. The van der Waals surface area contributed by atoms with Crippen molar-refractivity contribution in [1.82, 2.24) is 9.97 Å². The summed E-state index contributed by atoms with van der Waals surface area (Å²) in [6.45, 7) is 2.26. The Hall–Kier alpha value is -1.12. The van der Waals surface area contributed by atoms with Crippen molar-refractivity contribution in [2.75, 3.05) is 5.32 Å². The summed E-state index contributed by atoms with van der Waals surface area (Å²) in [5, 5.41) is 3.60. The van der Waals surface area contributed by atoms with Gasteiger partial charge >= 0.3 is 0 Å². The van der Waals surface area contributed by atoms with Gasteiger partial charge < -0.3 is 5.32 Å². The molecule has 1 aromatic rings. The van der Waals surface area contributed by atoms with E-state index in [2.05, 4.69) is 22.2 Å². The van der Waals surface area contributed by atoms with Crippen LogP contribution in [0.1, 0.15) is 43.9 Å². The van der Waals surface area contributed by atoms with Gasteiger partial charge in [-0.3, -0.25) is 0 Å². The summed E-state index contributed by atoms with van der Waals surface area (Å²) >= 11 is 0. The van der Waals surface area contributed by atoms with E-state index >= 15 is 0 Å². The van der Waals surface area contributed by atoms with Crippen molar-refractivity contribution in [3.63, 3.8) is 0 Å². The van der Waals surface area contributed by atoms with Crippen LogP contribution in [0.25, 0.3) is 0 Å². The van der Waals surface area contributed by atoms with Gasteiger partial charge in [-0.05, 0) is 38.0 Å². The molecule has 2 atom stereocenters. The summed E-state index contributed by atoms with van der Waals surface area (Å²) in [5.41, 5.74) is 2.65. The van der Waals surface area contributed by atoms with E-state index in [-0.39, 0.29) is 0 Å². The molecule has 1 aromatic heterocycles. The monoisotopic (exact) mass is 217 g/mol. The van der Waals surface area contributed by atoms with Gasteiger partial charge in [0, 0.05) is 17.3 Å². The predicted molar refractivity (Wildman–Crippen MR) is 64.5 cm³/mol. The first-order valence-corrected chi connectivity index (χ1v) is 6.47. The lowest BCUT2D eigenvalue weighted by molar-refractivity contribution is 0.691. The molecule has 2 aliphatic carbocycles. The minimum atomic E-state index is 0.680. The van der Waals surface area contributed by atoms with E-state index in [1.165, 1.54) is 36.9 Å². The fourth-order valence-electron chi connectivity index (χ4n) is 2.77. The van der Waals surface area contributed by atoms with Crippen molar-refractivity contribution >= 4 is 5.82 Å². The molecule has 0 spiro atoms. The molecule has 0 aromatic carbocycles.